The van der Waals surface area contributed by atoms with Gasteiger partial charge in [0.2, 0.25) is 0 Å². The fourth-order valence-electron chi connectivity index (χ4n) is 2.75. The molecule has 0 spiro atoms. The minimum atomic E-state index is 0.341. The third-order valence-electron chi connectivity index (χ3n) is 3.95. The second-order valence-electron chi connectivity index (χ2n) is 6.46. The average Bonchev–Trinajstić information content (AvgIpc) is 3.23. The molecular weight excluding hydrogens is 292 g/mol. The Bertz CT molecular complexity index is 602. The molecule has 0 atom stereocenters. The molecule has 0 amide bonds. The van der Waals surface area contributed by atoms with Crippen LogP contribution in [0.3, 0.4) is 0 Å². The Morgan fingerprint density at radius 1 is 1.05 bits per heavy atom. The van der Waals surface area contributed by atoms with Gasteiger partial charge < -0.3 is 10.0 Å². The molecule has 1 fully saturated rings. The van der Waals surface area contributed by atoms with E-state index in [0.29, 0.717) is 5.75 Å². The van der Waals surface area contributed by atoms with Crippen LogP contribution in [0, 0.1) is 0 Å². The molecule has 118 valence electrons. The van der Waals surface area contributed by atoms with Crippen molar-refractivity contribution in [3.8, 4) is 5.75 Å². The monoisotopic (exact) mass is 316 g/mol. The molecule has 0 saturated heterocycles. The van der Waals surface area contributed by atoms with E-state index in [1.54, 1.807) is 12.1 Å². The van der Waals surface area contributed by atoms with Crippen molar-refractivity contribution in [2.24, 2.45) is 0 Å². The van der Waals surface area contributed by atoms with E-state index >= 15 is 0 Å². The molecule has 1 N–H and O–H groups in total. The number of hydrogen-bond donors (Lipinski definition) is 1. The molecule has 22 heavy (non-hydrogen) atoms. The van der Waals surface area contributed by atoms with Crippen LogP contribution < -0.4 is 0 Å². The summed E-state index contributed by atoms with van der Waals surface area (Å²) in [6.07, 6.45) is 2.63. The molecule has 0 bridgehead atoms. The van der Waals surface area contributed by atoms with Crippen LogP contribution in [0.25, 0.3) is 0 Å². The second-order valence-corrected chi connectivity index (χ2v) is 7.46. The van der Waals surface area contributed by atoms with Crippen LogP contribution in [0.1, 0.15) is 28.8 Å². The molecule has 4 heteroatoms. The summed E-state index contributed by atoms with van der Waals surface area (Å²) < 4.78 is 0. The summed E-state index contributed by atoms with van der Waals surface area (Å²) >= 11 is 1.87. The summed E-state index contributed by atoms with van der Waals surface area (Å²) in [6.45, 7) is 3.01. The van der Waals surface area contributed by atoms with Crippen LogP contribution in [0.5, 0.6) is 5.75 Å². The minimum absolute atomic E-state index is 0.341. The SMILES string of the molecule is CN(C)Cc1csc(CN(Cc2ccc(O)cc2)C2CC2)c1. The Balaban J connectivity index is 1.64. The predicted octanol–water partition coefficient (Wildman–Crippen LogP) is 3.68. The van der Waals surface area contributed by atoms with E-state index in [2.05, 4.69) is 35.3 Å². The van der Waals surface area contributed by atoms with E-state index in [0.717, 1.165) is 25.7 Å². The molecule has 1 saturated carbocycles. The van der Waals surface area contributed by atoms with Crippen LogP contribution in [0.4, 0.5) is 0 Å². The minimum Gasteiger partial charge on any atom is -0.508 e. The molecule has 1 aromatic heterocycles. The maximum Gasteiger partial charge on any atom is 0.115 e. The molecule has 2 aromatic rings. The highest BCUT2D eigenvalue weighted by Crippen LogP contribution is 2.31. The first kappa shape index (κ1) is 15.5. The van der Waals surface area contributed by atoms with Gasteiger partial charge in [0.15, 0.2) is 0 Å². The van der Waals surface area contributed by atoms with Crippen molar-refractivity contribution in [3.05, 3.63) is 51.7 Å². The van der Waals surface area contributed by atoms with Gasteiger partial charge in [0.05, 0.1) is 0 Å². The fourth-order valence-corrected chi connectivity index (χ4v) is 3.65. The summed E-state index contributed by atoms with van der Waals surface area (Å²) in [7, 11) is 4.22. The van der Waals surface area contributed by atoms with E-state index in [9.17, 15) is 5.11 Å². The van der Waals surface area contributed by atoms with Gasteiger partial charge in [-0.1, -0.05) is 12.1 Å². The van der Waals surface area contributed by atoms with Crippen LogP contribution in [-0.2, 0) is 19.6 Å². The lowest BCUT2D eigenvalue weighted by atomic mass is 10.2. The summed E-state index contributed by atoms with van der Waals surface area (Å²) in [5.41, 5.74) is 2.68. The van der Waals surface area contributed by atoms with E-state index < -0.39 is 0 Å². The van der Waals surface area contributed by atoms with Crippen molar-refractivity contribution in [2.45, 2.75) is 38.5 Å². The summed E-state index contributed by atoms with van der Waals surface area (Å²) in [6, 6.07) is 10.7. The number of aromatic hydroxyl groups is 1. The molecular formula is C18H24N2OS. The van der Waals surface area contributed by atoms with Crippen LogP contribution in [0.15, 0.2) is 35.7 Å². The van der Waals surface area contributed by atoms with Crippen LogP contribution in [-0.4, -0.2) is 35.0 Å². The fraction of sp³-hybridized carbons (Fsp3) is 0.444. The lowest BCUT2D eigenvalue weighted by molar-refractivity contribution is 0.248. The standard InChI is InChI=1S/C18H24N2OS/c1-19(2)10-15-9-18(22-13-15)12-20(16-5-6-16)11-14-3-7-17(21)8-4-14/h3-4,7-9,13,16,21H,5-6,10-12H2,1-2H3. The first-order chi connectivity index (χ1) is 10.6. The third kappa shape index (κ3) is 4.32. The number of benzene rings is 1. The summed E-state index contributed by atoms with van der Waals surface area (Å²) in [5.74, 6) is 0.341. The van der Waals surface area contributed by atoms with Gasteiger partial charge in [0, 0.05) is 30.6 Å². The molecule has 0 radical (unpaired) electrons. The van der Waals surface area contributed by atoms with Gasteiger partial charge in [0.25, 0.3) is 0 Å². The number of thiophene rings is 1. The van der Waals surface area contributed by atoms with E-state index in [1.165, 1.54) is 28.8 Å². The van der Waals surface area contributed by atoms with E-state index in [1.807, 2.05) is 23.5 Å². The molecule has 1 aromatic carbocycles. The molecule has 0 unspecified atom stereocenters. The lowest BCUT2D eigenvalue weighted by Crippen LogP contribution is -2.24. The van der Waals surface area contributed by atoms with Crippen LogP contribution in [0.2, 0.25) is 0 Å². The van der Waals surface area contributed by atoms with E-state index in [-0.39, 0.29) is 0 Å². The zero-order valence-corrected chi connectivity index (χ0v) is 14.1. The molecule has 1 aliphatic rings. The third-order valence-corrected chi connectivity index (χ3v) is 4.92. The quantitative estimate of drug-likeness (QED) is 0.844. The second kappa shape index (κ2) is 6.82. The Kier molecular flexibility index (Phi) is 4.81. The Labute approximate surface area is 136 Å². The van der Waals surface area contributed by atoms with Crippen molar-refractivity contribution >= 4 is 11.3 Å². The number of phenols is 1. The number of hydrogen-bond acceptors (Lipinski definition) is 4. The van der Waals surface area contributed by atoms with Crippen molar-refractivity contribution in [1.29, 1.82) is 0 Å². The average molecular weight is 316 g/mol. The van der Waals surface area contributed by atoms with Crippen molar-refractivity contribution in [1.82, 2.24) is 9.80 Å². The number of nitrogens with zero attached hydrogens (tertiary/aromatic N) is 2. The van der Waals surface area contributed by atoms with Gasteiger partial charge >= 0.3 is 0 Å². The maximum atomic E-state index is 9.41. The van der Waals surface area contributed by atoms with Crippen LogP contribution >= 0.6 is 11.3 Å². The highest BCUT2D eigenvalue weighted by molar-refractivity contribution is 7.10. The van der Waals surface area contributed by atoms with E-state index in [4.69, 9.17) is 0 Å². The molecule has 3 rings (SSSR count). The van der Waals surface area contributed by atoms with Gasteiger partial charge in [-0.3, -0.25) is 4.90 Å². The van der Waals surface area contributed by atoms with Gasteiger partial charge in [-0.2, -0.15) is 0 Å². The number of rotatable bonds is 7. The smallest absolute Gasteiger partial charge is 0.115 e. The first-order valence-corrected chi connectivity index (χ1v) is 8.71. The predicted molar refractivity (Wildman–Crippen MR) is 92.1 cm³/mol. The normalized spacial score (nSPS) is 14.9. The largest absolute Gasteiger partial charge is 0.508 e. The van der Waals surface area contributed by atoms with Gasteiger partial charge in [0.1, 0.15) is 5.75 Å². The molecule has 1 heterocycles. The van der Waals surface area contributed by atoms with Gasteiger partial charge in [-0.05, 0) is 61.6 Å². The Morgan fingerprint density at radius 2 is 1.77 bits per heavy atom. The van der Waals surface area contributed by atoms with Crippen molar-refractivity contribution in [2.75, 3.05) is 14.1 Å². The van der Waals surface area contributed by atoms with Gasteiger partial charge in [-0.25, -0.2) is 0 Å². The topological polar surface area (TPSA) is 26.7 Å². The summed E-state index contributed by atoms with van der Waals surface area (Å²) in [4.78, 5) is 6.22. The van der Waals surface area contributed by atoms with Crippen molar-refractivity contribution in [3.63, 3.8) is 0 Å². The Morgan fingerprint density at radius 3 is 2.41 bits per heavy atom. The van der Waals surface area contributed by atoms with Crippen molar-refractivity contribution < 1.29 is 5.11 Å². The maximum absolute atomic E-state index is 9.41. The highest BCUT2D eigenvalue weighted by Gasteiger charge is 2.29. The number of phenolic OH excluding ortho intramolecular Hbond substituents is 1. The van der Waals surface area contributed by atoms with Gasteiger partial charge in [-0.15, -0.1) is 11.3 Å². The summed E-state index contributed by atoms with van der Waals surface area (Å²) in [5, 5.41) is 11.7. The zero-order valence-electron chi connectivity index (χ0n) is 13.3. The molecule has 0 aliphatic heterocycles. The first-order valence-electron chi connectivity index (χ1n) is 7.83. The lowest BCUT2D eigenvalue weighted by Gasteiger charge is -2.21. The molecule has 3 nitrogen and oxygen atoms in total. The zero-order chi connectivity index (χ0) is 15.5. The molecule has 1 aliphatic carbocycles. The Hall–Kier alpha value is -1.36. The highest BCUT2D eigenvalue weighted by atomic mass is 32.1.